The Morgan fingerprint density at radius 1 is 1.11 bits per heavy atom. The van der Waals surface area contributed by atoms with Gasteiger partial charge in [0.25, 0.3) is 0 Å². The van der Waals surface area contributed by atoms with Gasteiger partial charge in [0.2, 0.25) is 0 Å². The molecular weight excluding hydrogens is 255 g/mol. The van der Waals surface area contributed by atoms with Gasteiger partial charge in [0.15, 0.2) is 0 Å². The molecule has 60 valence electrons. The molecule has 9 heavy (non-hydrogen) atoms. The predicted molar refractivity (Wildman–Crippen MR) is 5.42 cm³/mol. The molecule has 0 atom stereocenters. The van der Waals surface area contributed by atoms with E-state index in [1.165, 1.54) is 0 Å². The molecule has 0 rings (SSSR count). The van der Waals surface area contributed by atoms with Crippen molar-refractivity contribution < 1.29 is 64.5 Å². The van der Waals surface area contributed by atoms with Gasteiger partial charge in [-0.3, -0.25) is 0 Å². The van der Waals surface area contributed by atoms with Gasteiger partial charge in [-0.25, -0.2) is 0 Å². The summed E-state index contributed by atoms with van der Waals surface area (Å²) in [6.07, 6.45) is 0. The first-order valence-corrected chi connectivity index (χ1v) is 2.78. The fourth-order valence-corrected chi connectivity index (χ4v) is 0.155. The third-order valence-electron chi connectivity index (χ3n) is 0.153. The van der Waals surface area contributed by atoms with Crippen LogP contribution in [0.25, 0.3) is 0 Å². The van der Waals surface area contributed by atoms with Crippen LogP contribution in [0.5, 0.6) is 0 Å². The molecule has 0 N–H and O–H groups in total. The quantitative estimate of drug-likeness (QED) is 0.228. The summed E-state index contributed by atoms with van der Waals surface area (Å²) in [5, 5.41) is 10.2. The second-order valence-electron chi connectivity index (χ2n) is 0.506. The van der Waals surface area contributed by atoms with E-state index in [1.54, 1.807) is 0 Å². The zero-order valence-corrected chi connectivity index (χ0v) is 5.78. The molecule has 0 radical (unpaired) electrons. The van der Waals surface area contributed by atoms with E-state index >= 15 is 0 Å². The van der Waals surface area contributed by atoms with Gasteiger partial charge in [-0.05, 0) is 0 Å². The van der Waals surface area contributed by atoms with Crippen molar-refractivity contribution in [3.05, 3.63) is 0 Å². The molecule has 9 heteroatoms. The number of rotatable bonds is 5. The van der Waals surface area contributed by atoms with Crippen molar-refractivity contribution in [2.45, 2.75) is 0 Å². The number of halogens is 1. The molecule has 7 nitrogen and oxygen atoms in total. The Kier molecular flexibility index (Phi) is 7.44. The summed E-state index contributed by atoms with van der Waals surface area (Å²) in [4.78, 5) is 0. The molecule has 0 aromatic rings. The van der Waals surface area contributed by atoms with Gasteiger partial charge in [0.05, 0.1) is 0 Å². The summed E-state index contributed by atoms with van der Waals surface area (Å²) in [6, 6.07) is 0. The minimum absolute atomic E-state index is 2.29. The van der Waals surface area contributed by atoms with Crippen LogP contribution in [0, 0.1) is 10.8 Å². The first-order chi connectivity index (χ1) is 4.27. The van der Waals surface area contributed by atoms with Crippen LogP contribution in [0.1, 0.15) is 0 Å². The number of hydrogen-bond donors (Lipinski definition) is 0. The van der Waals surface area contributed by atoms with Crippen molar-refractivity contribution >= 4 is 0 Å². The monoisotopic (exact) mass is 254 g/mol. The van der Waals surface area contributed by atoms with E-state index in [1.807, 2.05) is 0 Å². The third kappa shape index (κ3) is 8.75. The molecular formula is AgClO7. The van der Waals surface area contributed by atoms with Crippen LogP contribution in [0.2, 0.25) is 0 Å². The molecule has 0 saturated heterocycles. The standard InChI is InChI=1S/Ag.ClHO7/c;2-1(3)5-7-8-6-4/h;4H/q+1;/p-1. The summed E-state index contributed by atoms with van der Waals surface area (Å²) >= 11 is 2.29. The van der Waals surface area contributed by atoms with E-state index in [2.05, 4.69) is 44.4 Å². The van der Waals surface area contributed by atoms with Gasteiger partial charge in [0.1, 0.15) is 0 Å². The SMILES string of the molecule is [O-][Cl+2]([O-])OOOO[O][Ag]. The summed E-state index contributed by atoms with van der Waals surface area (Å²) in [5.41, 5.74) is 0. The molecule has 0 amide bonds. The molecule has 0 fully saturated rings. The maximum atomic E-state index is 9.39. The fourth-order valence-electron chi connectivity index (χ4n) is 0.0512. The Morgan fingerprint density at radius 2 is 1.78 bits per heavy atom. The molecule has 0 aromatic carbocycles. The number of hydrogen-bond acceptors (Lipinski definition) is 7. The van der Waals surface area contributed by atoms with Gasteiger partial charge in [0, 0.05) is 0 Å². The van der Waals surface area contributed by atoms with Crippen molar-refractivity contribution in [3.63, 3.8) is 0 Å². The topological polar surface area (TPSA) is 92.3 Å². The molecule has 0 aliphatic heterocycles. The van der Waals surface area contributed by atoms with Crippen molar-refractivity contribution in [1.82, 2.24) is 0 Å². The molecule has 0 saturated carbocycles. The predicted octanol–water partition coefficient (Wildman–Crippen LogP) is -2.72. The molecule has 0 bridgehead atoms. The van der Waals surface area contributed by atoms with Crippen LogP contribution in [-0.2, 0) is 44.4 Å². The molecule has 0 aliphatic carbocycles. The molecule has 0 heterocycles. The van der Waals surface area contributed by atoms with Crippen LogP contribution in [0.15, 0.2) is 0 Å². The van der Waals surface area contributed by atoms with Crippen LogP contribution in [-0.4, -0.2) is 0 Å². The van der Waals surface area contributed by atoms with E-state index in [9.17, 15) is 9.32 Å². The zero-order chi connectivity index (χ0) is 7.11. The summed E-state index contributed by atoms with van der Waals surface area (Å²) < 4.78 is 25.7. The summed E-state index contributed by atoms with van der Waals surface area (Å²) in [7, 11) is -2.52. The van der Waals surface area contributed by atoms with Crippen molar-refractivity contribution in [2.75, 3.05) is 0 Å². The van der Waals surface area contributed by atoms with E-state index < -0.39 is 10.8 Å². The molecule has 0 spiro atoms. The van der Waals surface area contributed by atoms with E-state index in [0.717, 1.165) is 0 Å². The molecule has 0 aliphatic rings. The summed E-state index contributed by atoms with van der Waals surface area (Å²) in [6.45, 7) is 0. The first-order valence-electron chi connectivity index (χ1n) is 1.25. The van der Waals surface area contributed by atoms with E-state index in [-0.39, 0.29) is 0 Å². The van der Waals surface area contributed by atoms with Crippen LogP contribution in [0.3, 0.4) is 0 Å². The van der Waals surface area contributed by atoms with Gasteiger partial charge in [-0.15, -0.1) is 0 Å². The Morgan fingerprint density at radius 3 is 2.22 bits per heavy atom. The van der Waals surface area contributed by atoms with Gasteiger partial charge >= 0.3 is 64.5 Å². The Balaban J connectivity index is 2.75. The summed E-state index contributed by atoms with van der Waals surface area (Å²) in [5.74, 6) is 0. The van der Waals surface area contributed by atoms with Gasteiger partial charge in [-0.2, -0.15) is 0 Å². The Hall–Kier alpha value is 0.750. The van der Waals surface area contributed by atoms with Crippen molar-refractivity contribution in [2.24, 2.45) is 0 Å². The third-order valence-corrected chi connectivity index (χ3v) is 0.408. The normalized spacial score (nSPS) is 10.8. The maximum absolute atomic E-state index is 9.39. The Bertz CT molecular complexity index is 54.9. The van der Waals surface area contributed by atoms with Crippen LogP contribution < -0.4 is 9.32 Å². The zero-order valence-electron chi connectivity index (χ0n) is 3.54. The molecule has 0 unspecified atom stereocenters. The van der Waals surface area contributed by atoms with Crippen LogP contribution in [0.4, 0.5) is 0 Å². The molecule has 0 aromatic heterocycles. The van der Waals surface area contributed by atoms with E-state index in [0.29, 0.717) is 0 Å². The second-order valence-corrected chi connectivity index (χ2v) is 1.26. The van der Waals surface area contributed by atoms with Crippen LogP contribution >= 0.6 is 0 Å². The van der Waals surface area contributed by atoms with Crippen molar-refractivity contribution in [1.29, 1.82) is 0 Å². The Labute approximate surface area is 64.9 Å². The second kappa shape index (κ2) is 6.86. The van der Waals surface area contributed by atoms with E-state index in [4.69, 9.17) is 0 Å². The fraction of sp³-hybridized carbons (Fsp3) is 0. The first kappa shape index (κ1) is 9.75. The van der Waals surface area contributed by atoms with Crippen molar-refractivity contribution in [3.8, 4) is 0 Å². The average Bonchev–Trinajstić information content (AvgIpc) is 1.80. The minimum atomic E-state index is -2.52. The van der Waals surface area contributed by atoms with Gasteiger partial charge in [-0.1, -0.05) is 0 Å². The van der Waals surface area contributed by atoms with Gasteiger partial charge < -0.3 is 0 Å². The average molecular weight is 255 g/mol.